The van der Waals surface area contributed by atoms with Gasteiger partial charge >= 0.3 is 5.97 Å². The maximum absolute atomic E-state index is 11.7. The monoisotopic (exact) mass is 462 g/mol. The molecule has 34 heavy (non-hydrogen) atoms. The van der Waals surface area contributed by atoms with Crippen molar-refractivity contribution in [3.8, 4) is 0 Å². The Balaban J connectivity index is 1.22. The topological polar surface area (TPSA) is 117 Å². The minimum absolute atomic E-state index is 0.0762. The van der Waals surface area contributed by atoms with Crippen LogP contribution in [-0.2, 0) is 17.7 Å². The number of aromatic carboxylic acids is 1. The lowest BCUT2D eigenvalue weighted by molar-refractivity contribution is 0.0695. The van der Waals surface area contributed by atoms with Gasteiger partial charge in [0.2, 0.25) is 0 Å². The van der Waals surface area contributed by atoms with Gasteiger partial charge in [0.15, 0.2) is 5.84 Å². The molecule has 9 nitrogen and oxygen atoms in total. The maximum atomic E-state index is 11.7. The number of aliphatic imine (C=N–C) groups is 1. The molecule has 9 heteroatoms. The third-order valence-corrected chi connectivity index (χ3v) is 8.09. The molecule has 4 aliphatic heterocycles. The average molecular weight is 463 g/mol. The van der Waals surface area contributed by atoms with Crippen molar-refractivity contribution >= 4 is 23.3 Å². The normalized spacial score (nSPS) is 25.3. The summed E-state index contributed by atoms with van der Waals surface area (Å²) in [4.78, 5) is 30.6. The number of hydrogen-bond acceptors (Lipinski definition) is 8. The molecular formula is C25H30N6O3. The zero-order chi connectivity index (χ0) is 23.4. The van der Waals surface area contributed by atoms with Crippen LogP contribution in [0.3, 0.4) is 0 Å². The van der Waals surface area contributed by atoms with Gasteiger partial charge in [-0.2, -0.15) is 0 Å². The van der Waals surface area contributed by atoms with Crippen LogP contribution in [-0.4, -0.2) is 65.3 Å². The number of nitrogens with two attached hydrogens (primary N) is 1. The molecule has 2 aromatic rings. The lowest BCUT2D eigenvalue weighted by Gasteiger charge is -2.41. The van der Waals surface area contributed by atoms with Crippen LogP contribution in [0.1, 0.15) is 53.5 Å². The summed E-state index contributed by atoms with van der Waals surface area (Å²) < 4.78 is 5.85. The Morgan fingerprint density at radius 3 is 2.82 bits per heavy atom. The van der Waals surface area contributed by atoms with Crippen LogP contribution >= 0.6 is 0 Å². The van der Waals surface area contributed by atoms with Gasteiger partial charge in [0.25, 0.3) is 0 Å². The molecule has 1 spiro atoms. The third kappa shape index (κ3) is 3.29. The number of amidine groups is 1. The van der Waals surface area contributed by atoms with Crippen LogP contribution in [0.5, 0.6) is 0 Å². The van der Waals surface area contributed by atoms with E-state index in [2.05, 4.69) is 16.7 Å². The molecule has 0 saturated carbocycles. The summed E-state index contributed by atoms with van der Waals surface area (Å²) in [7, 11) is 0. The second-order valence-corrected chi connectivity index (χ2v) is 9.92. The fraction of sp³-hybridized carbons (Fsp3) is 0.520. The number of carbonyl (C=O) groups is 1. The number of carboxylic acid groups (broad SMARTS) is 1. The Labute approximate surface area is 198 Å². The fourth-order valence-corrected chi connectivity index (χ4v) is 6.00. The second-order valence-electron chi connectivity index (χ2n) is 9.92. The smallest absolute Gasteiger partial charge is 0.336 e. The Bertz CT molecular complexity index is 1170. The molecule has 2 atom stereocenters. The van der Waals surface area contributed by atoms with Crippen molar-refractivity contribution in [1.29, 1.82) is 0 Å². The van der Waals surface area contributed by atoms with Gasteiger partial charge in [-0.25, -0.2) is 14.8 Å². The number of hydrogen-bond donors (Lipinski definition) is 2. The first-order valence-electron chi connectivity index (χ1n) is 12.1. The first-order chi connectivity index (χ1) is 16.5. The fourth-order valence-electron chi connectivity index (χ4n) is 6.00. The van der Waals surface area contributed by atoms with E-state index in [1.54, 1.807) is 12.1 Å². The van der Waals surface area contributed by atoms with Crippen LogP contribution in [0, 0.1) is 5.41 Å². The Hall–Kier alpha value is -3.04. The minimum atomic E-state index is -0.889. The third-order valence-electron chi connectivity index (χ3n) is 8.09. The number of aromatic nitrogens is 2. The predicted molar refractivity (Wildman–Crippen MR) is 129 cm³/mol. The molecule has 1 aromatic heterocycles. The summed E-state index contributed by atoms with van der Waals surface area (Å²) in [6.45, 7) is 5.87. The quantitative estimate of drug-likeness (QED) is 0.698. The maximum Gasteiger partial charge on any atom is 0.336 e. The molecule has 0 unspecified atom stereocenters. The molecule has 4 aliphatic rings. The molecule has 178 valence electrons. The Morgan fingerprint density at radius 1 is 1.26 bits per heavy atom. The van der Waals surface area contributed by atoms with Gasteiger partial charge < -0.3 is 25.4 Å². The first kappa shape index (κ1) is 21.5. The molecule has 2 saturated heterocycles. The summed E-state index contributed by atoms with van der Waals surface area (Å²) in [6, 6.07) is 5.54. The first-order valence-corrected chi connectivity index (χ1v) is 12.1. The Morgan fingerprint density at radius 2 is 2.09 bits per heavy atom. The molecule has 0 aliphatic carbocycles. The molecule has 5 heterocycles. The largest absolute Gasteiger partial charge is 0.478 e. The minimum Gasteiger partial charge on any atom is -0.478 e. The van der Waals surface area contributed by atoms with Gasteiger partial charge in [-0.05, 0) is 50.3 Å². The summed E-state index contributed by atoms with van der Waals surface area (Å²) >= 11 is 0. The molecule has 2 fully saturated rings. The van der Waals surface area contributed by atoms with E-state index in [-0.39, 0.29) is 17.6 Å². The molecule has 6 rings (SSSR count). The van der Waals surface area contributed by atoms with E-state index in [4.69, 9.17) is 25.4 Å². The van der Waals surface area contributed by atoms with Crippen molar-refractivity contribution in [2.24, 2.45) is 16.1 Å². The summed E-state index contributed by atoms with van der Waals surface area (Å²) in [6.07, 6.45) is 5.59. The summed E-state index contributed by atoms with van der Waals surface area (Å²) in [5.74, 6) is 0.788. The Kier molecular flexibility index (Phi) is 5.07. The van der Waals surface area contributed by atoms with Crippen molar-refractivity contribution in [1.82, 2.24) is 9.97 Å². The summed E-state index contributed by atoms with van der Waals surface area (Å²) in [5, 5.41) is 9.61. The summed E-state index contributed by atoms with van der Waals surface area (Å²) in [5.41, 5.74) is 10.4. The zero-order valence-corrected chi connectivity index (χ0v) is 19.4. The molecular weight excluding hydrogens is 432 g/mol. The average Bonchev–Trinajstić information content (AvgIpc) is 3.40. The highest BCUT2D eigenvalue weighted by Gasteiger charge is 2.47. The van der Waals surface area contributed by atoms with E-state index in [9.17, 15) is 9.90 Å². The van der Waals surface area contributed by atoms with Crippen molar-refractivity contribution in [3.63, 3.8) is 0 Å². The van der Waals surface area contributed by atoms with E-state index in [0.717, 1.165) is 86.2 Å². The van der Waals surface area contributed by atoms with Gasteiger partial charge in [-0.3, -0.25) is 4.99 Å². The van der Waals surface area contributed by atoms with E-state index >= 15 is 0 Å². The highest BCUT2D eigenvalue weighted by atomic mass is 16.5. The zero-order valence-electron chi connectivity index (χ0n) is 19.4. The highest BCUT2D eigenvalue weighted by Crippen LogP contribution is 2.42. The molecule has 3 N–H and O–H groups in total. The molecule has 0 amide bonds. The van der Waals surface area contributed by atoms with Gasteiger partial charge in [0.05, 0.1) is 36.7 Å². The van der Waals surface area contributed by atoms with Gasteiger partial charge in [0.1, 0.15) is 11.5 Å². The van der Waals surface area contributed by atoms with Crippen LogP contribution in [0.25, 0.3) is 0 Å². The van der Waals surface area contributed by atoms with Crippen molar-refractivity contribution in [3.05, 3.63) is 46.9 Å². The van der Waals surface area contributed by atoms with Crippen molar-refractivity contribution < 1.29 is 14.6 Å². The predicted octanol–water partition coefficient (Wildman–Crippen LogP) is 2.22. The van der Waals surface area contributed by atoms with E-state index < -0.39 is 5.97 Å². The van der Waals surface area contributed by atoms with Crippen LogP contribution in [0.4, 0.5) is 11.5 Å². The molecule has 0 radical (unpaired) electrons. The van der Waals surface area contributed by atoms with E-state index in [1.165, 1.54) is 0 Å². The van der Waals surface area contributed by atoms with E-state index in [1.807, 2.05) is 12.3 Å². The lowest BCUT2D eigenvalue weighted by Crippen LogP contribution is -2.50. The number of nitrogens with zero attached hydrogens (tertiary/aromatic N) is 5. The number of benzene rings is 1. The van der Waals surface area contributed by atoms with E-state index in [0.29, 0.717) is 12.1 Å². The SMILES string of the molecule is C[C@@H]1OCC2(CCN(c3cnc4c(n3)CN=C4N3CCCc4c(C(=O)O)cccc43)CC2)[C@@H]1N. The lowest BCUT2D eigenvalue weighted by atomic mass is 9.73. The number of ether oxygens (including phenoxy) is 1. The molecule has 0 bridgehead atoms. The van der Waals surface area contributed by atoms with Crippen LogP contribution in [0.15, 0.2) is 29.4 Å². The molecule has 1 aromatic carbocycles. The number of fused-ring (bicyclic) bond motifs is 2. The van der Waals surface area contributed by atoms with Gasteiger partial charge in [-0.1, -0.05) is 6.07 Å². The van der Waals surface area contributed by atoms with Gasteiger partial charge in [-0.15, -0.1) is 0 Å². The number of carboxylic acids is 1. The van der Waals surface area contributed by atoms with Gasteiger partial charge in [0, 0.05) is 36.8 Å². The number of piperidine rings is 1. The van der Waals surface area contributed by atoms with Crippen LogP contribution < -0.4 is 15.5 Å². The number of rotatable bonds is 2. The standard InChI is InChI=1S/C25H30N6O3/c1-15-22(26)25(14-34-15)7-10-30(11-8-25)20-13-27-21-18(29-20)12-28-23(21)31-9-3-5-16-17(24(32)33)4-2-6-19(16)31/h2,4,6,13,15,22H,3,5,7-12,14,26H2,1H3,(H,32,33)/t15-,22+/m0/s1. The highest BCUT2D eigenvalue weighted by molar-refractivity contribution is 6.11. The van der Waals surface area contributed by atoms with Crippen molar-refractivity contribution in [2.45, 2.75) is 51.3 Å². The van der Waals surface area contributed by atoms with Crippen LogP contribution in [0.2, 0.25) is 0 Å². The number of anilines is 2. The van der Waals surface area contributed by atoms with Crippen molar-refractivity contribution in [2.75, 3.05) is 36.0 Å². The second kappa shape index (κ2) is 8.02.